The molecule has 82 valence electrons. The normalized spacial score (nSPS) is 10.4. The molecule has 0 amide bonds. The van der Waals surface area contributed by atoms with Crippen molar-refractivity contribution in [2.24, 2.45) is 0 Å². The standard InChI is InChI=1S/C12H13N3O/c1-3-15-9(2)10(4-5-12(15)16)11-6-7-13-8-14-11/h4-8H,3H2,1-2H3. The zero-order valence-electron chi connectivity index (χ0n) is 9.34. The molecule has 2 aromatic heterocycles. The van der Waals surface area contributed by atoms with Crippen LogP contribution in [0.4, 0.5) is 0 Å². The number of nitrogens with zero attached hydrogens (tertiary/aromatic N) is 3. The molecule has 0 aliphatic carbocycles. The Labute approximate surface area is 93.6 Å². The first-order valence-corrected chi connectivity index (χ1v) is 5.21. The molecule has 2 rings (SSSR count). The fraction of sp³-hybridized carbons (Fsp3) is 0.250. The van der Waals surface area contributed by atoms with Gasteiger partial charge in [0.1, 0.15) is 6.33 Å². The minimum absolute atomic E-state index is 0.0257. The lowest BCUT2D eigenvalue weighted by Crippen LogP contribution is -2.20. The highest BCUT2D eigenvalue weighted by Gasteiger charge is 2.07. The lowest BCUT2D eigenvalue weighted by molar-refractivity contribution is 0.702. The van der Waals surface area contributed by atoms with E-state index < -0.39 is 0 Å². The molecule has 0 saturated heterocycles. The van der Waals surface area contributed by atoms with Crippen LogP contribution in [0.1, 0.15) is 12.6 Å². The van der Waals surface area contributed by atoms with Gasteiger partial charge < -0.3 is 4.57 Å². The highest BCUT2D eigenvalue weighted by atomic mass is 16.1. The van der Waals surface area contributed by atoms with Gasteiger partial charge in [0, 0.05) is 30.1 Å². The van der Waals surface area contributed by atoms with Gasteiger partial charge in [-0.3, -0.25) is 4.79 Å². The molecule has 0 aliphatic heterocycles. The summed E-state index contributed by atoms with van der Waals surface area (Å²) in [5.41, 5.74) is 2.78. The quantitative estimate of drug-likeness (QED) is 0.765. The molecule has 16 heavy (non-hydrogen) atoms. The average molecular weight is 215 g/mol. The van der Waals surface area contributed by atoms with Crippen molar-refractivity contribution in [1.82, 2.24) is 14.5 Å². The second kappa shape index (κ2) is 4.26. The maximum absolute atomic E-state index is 11.6. The number of hydrogen-bond acceptors (Lipinski definition) is 3. The minimum Gasteiger partial charge on any atom is -0.313 e. The molecule has 0 radical (unpaired) electrons. The highest BCUT2D eigenvalue weighted by molar-refractivity contribution is 5.60. The Kier molecular flexibility index (Phi) is 2.81. The van der Waals surface area contributed by atoms with Crippen LogP contribution in [0.15, 0.2) is 35.5 Å². The van der Waals surface area contributed by atoms with Gasteiger partial charge in [0.25, 0.3) is 5.56 Å². The summed E-state index contributed by atoms with van der Waals surface area (Å²) < 4.78 is 1.73. The first-order valence-electron chi connectivity index (χ1n) is 5.21. The largest absolute Gasteiger partial charge is 0.313 e. The van der Waals surface area contributed by atoms with E-state index in [2.05, 4.69) is 9.97 Å². The third-order valence-corrected chi connectivity index (χ3v) is 2.63. The van der Waals surface area contributed by atoms with E-state index in [0.717, 1.165) is 17.0 Å². The predicted molar refractivity (Wildman–Crippen MR) is 62.1 cm³/mol. The van der Waals surface area contributed by atoms with E-state index in [1.165, 1.54) is 6.33 Å². The molecule has 2 aromatic rings. The second-order valence-electron chi connectivity index (χ2n) is 3.51. The first-order chi connectivity index (χ1) is 7.74. The van der Waals surface area contributed by atoms with Crippen molar-refractivity contribution in [3.63, 3.8) is 0 Å². The molecule has 0 aromatic carbocycles. The molecular weight excluding hydrogens is 202 g/mol. The van der Waals surface area contributed by atoms with E-state index >= 15 is 0 Å². The Morgan fingerprint density at radius 3 is 2.75 bits per heavy atom. The van der Waals surface area contributed by atoms with Crippen LogP contribution in [0, 0.1) is 6.92 Å². The van der Waals surface area contributed by atoms with Crippen LogP contribution < -0.4 is 5.56 Å². The van der Waals surface area contributed by atoms with Crippen molar-refractivity contribution in [2.75, 3.05) is 0 Å². The Bertz CT molecular complexity index is 546. The summed E-state index contributed by atoms with van der Waals surface area (Å²) in [5.74, 6) is 0. The SMILES string of the molecule is CCn1c(C)c(-c2ccncn2)ccc1=O. The van der Waals surface area contributed by atoms with Gasteiger partial charge in [-0.1, -0.05) is 0 Å². The molecule has 0 N–H and O–H groups in total. The van der Waals surface area contributed by atoms with E-state index in [0.29, 0.717) is 6.54 Å². The summed E-state index contributed by atoms with van der Waals surface area (Å²) in [5, 5.41) is 0. The van der Waals surface area contributed by atoms with Crippen LogP contribution in [-0.4, -0.2) is 14.5 Å². The maximum atomic E-state index is 11.6. The van der Waals surface area contributed by atoms with Crippen molar-refractivity contribution < 1.29 is 0 Å². The monoisotopic (exact) mass is 215 g/mol. The van der Waals surface area contributed by atoms with E-state index in [1.54, 1.807) is 16.8 Å². The molecule has 4 heteroatoms. The van der Waals surface area contributed by atoms with Crippen LogP contribution in [0.2, 0.25) is 0 Å². The predicted octanol–water partition coefficient (Wildman–Crippen LogP) is 1.63. The van der Waals surface area contributed by atoms with Gasteiger partial charge in [0.2, 0.25) is 0 Å². The third-order valence-electron chi connectivity index (χ3n) is 2.63. The average Bonchev–Trinajstić information content (AvgIpc) is 2.31. The minimum atomic E-state index is 0.0257. The highest BCUT2D eigenvalue weighted by Crippen LogP contribution is 2.18. The van der Waals surface area contributed by atoms with E-state index in [4.69, 9.17) is 0 Å². The van der Waals surface area contributed by atoms with Gasteiger partial charge in [0.05, 0.1) is 5.69 Å². The lowest BCUT2D eigenvalue weighted by atomic mass is 10.1. The van der Waals surface area contributed by atoms with Gasteiger partial charge in [-0.2, -0.15) is 0 Å². The summed E-state index contributed by atoms with van der Waals surface area (Å²) in [6.07, 6.45) is 3.21. The van der Waals surface area contributed by atoms with Gasteiger partial charge in [0.15, 0.2) is 0 Å². The molecule has 0 spiro atoms. The molecule has 0 bridgehead atoms. The molecule has 2 heterocycles. The van der Waals surface area contributed by atoms with Gasteiger partial charge >= 0.3 is 0 Å². The smallest absolute Gasteiger partial charge is 0.250 e. The molecule has 0 fully saturated rings. The summed E-state index contributed by atoms with van der Waals surface area (Å²) in [4.78, 5) is 19.7. The maximum Gasteiger partial charge on any atom is 0.250 e. The fourth-order valence-corrected chi connectivity index (χ4v) is 1.79. The number of hydrogen-bond donors (Lipinski definition) is 0. The summed E-state index contributed by atoms with van der Waals surface area (Å²) in [6, 6.07) is 5.23. The summed E-state index contributed by atoms with van der Waals surface area (Å²) in [7, 11) is 0. The zero-order valence-corrected chi connectivity index (χ0v) is 9.34. The molecule has 0 saturated carbocycles. The Morgan fingerprint density at radius 2 is 2.12 bits per heavy atom. The van der Waals surface area contributed by atoms with Crippen LogP contribution in [0.5, 0.6) is 0 Å². The lowest BCUT2D eigenvalue weighted by Gasteiger charge is -2.11. The van der Waals surface area contributed by atoms with Crippen LogP contribution in [-0.2, 0) is 6.54 Å². The number of aromatic nitrogens is 3. The topological polar surface area (TPSA) is 47.8 Å². The third kappa shape index (κ3) is 1.74. The molecular formula is C12H13N3O. The van der Waals surface area contributed by atoms with Crippen LogP contribution in [0.3, 0.4) is 0 Å². The van der Waals surface area contributed by atoms with Crippen molar-refractivity contribution in [2.45, 2.75) is 20.4 Å². The summed E-state index contributed by atoms with van der Waals surface area (Å²) >= 11 is 0. The Hall–Kier alpha value is -1.97. The van der Waals surface area contributed by atoms with Crippen LogP contribution >= 0.6 is 0 Å². The van der Waals surface area contributed by atoms with E-state index in [-0.39, 0.29) is 5.56 Å². The number of rotatable bonds is 2. The van der Waals surface area contributed by atoms with Crippen molar-refractivity contribution >= 4 is 0 Å². The van der Waals surface area contributed by atoms with Gasteiger partial charge in [-0.15, -0.1) is 0 Å². The van der Waals surface area contributed by atoms with Crippen molar-refractivity contribution in [1.29, 1.82) is 0 Å². The second-order valence-corrected chi connectivity index (χ2v) is 3.51. The Balaban J connectivity index is 2.64. The Morgan fingerprint density at radius 1 is 1.31 bits per heavy atom. The molecule has 4 nitrogen and oxygen atoms in total. The molecule has 0 aliphatic rings. The van der Waals surface area contributed by atoms with E-state index in [1.807, 2.05) is 26.0 Å². The van der Waals surface area contributed by atoms with Crippen LogP contribution in [0.25, 0.3) is 11.3 Å². The number of pyridine rings is 1. The van der Waals surface area contributed by atoms with Gasteiger partial charge in [-0.05, 0) is 26.0 Å². The zero-order chi connectivity index (χ0) is 11.5. The molecule has 0 unspecified atom stereocenters. The first kappa shape index (κ1) is 10.5. The molecule has 0 atom stereocenters. The van der Waals surface area contributed by atoms with Crippen molar-refractivity contribution in [3.05, 3.63) is 46.8 Å². The van der Waals surface area contributed by atoms with E-state index in [9.17, 15) is 4.79 Å². The van der Waals surface area contributed by atoms with Crippen molar-refractivity contribution in [3.8, 4) is 11.3 Å². The fourth-order valence-electron chi connectivity index (χ4n) is 1.79. The summed E-state index contributed by atoms with van der Waals surface area (Å²) in [6.45, 7) is 4.56. The van der Waals surface area contributed by atoms with Gasteiger partial charge in [-0.25, -0.2) is 9.97 Å².